The Bertz CT molecular complexity index is 386. The van der Waals surface area contributed by atoms with Gasteiger partial charge in [-0.05, 0) is 26.8 Å². The van der Waals surface area contributed by atoms with Gasteiger partial charge >= 0.3 is 0 Å². The Kier molecular flexibility index (Phi) is 3.05. The lowest BCUT2D eigenvalue weighted by Crippen LogP contribution is -2.28. The van der Waals surface area contributed by atoms with Crippen molar-refractivity contribution in [2.45, 2.75) is 39.2 Å². The maximum absolute atomic E-state index is 11.0. The molecule has 0 radical (unpaired) electrons. The van der Waals surface area contributed by atoms with Gasteiger partial charge < -0.3 is 9.42 Å². The van der Waals surface area contributed by atoms with Gasteiger partial charge in [0.15, 0.2) is 5.82 Å². The number of rotatable bonds is 3. The number of ketones is 1. The number of likely N-dealkylation sites (tertiary alicyclic amines) is 1. The second kappa shape index (κ2) is 4.33. The first-order valence-electron chi connectivity index (χ1n) is 5.66. The lowest BCUT2D eigenvalue weighted by molar-refractivity contribution is 0.0972. The zero-order chi connectivity index (χ0) is 11.7. The third-order valence-electron chi connectivity index (χ3n) is 3.06. The van der Waals surface area contributed by atoms with Crippen LogP contribution in [-0.2, 0) is 0 Å². The molecule has 1 aliphatic rings. The molecule has 0 saturated carbocycles. The van der Waals surface area contributed by atoms with Gasteiger partial charge in [-0.2, -0.15) is 4.98 Å². The van der Waals surface area contributed by atoms with Gasteiger partial charge in [-0.3, -0.25) is 4.79 Å². The van der Waals surface area contributed by atoms with Gasteiger partial charge in [0.05, 0.1) is 0 Å². The Balaban J connectivity index is 2.06. The Morgan fingerprint density at radius 3 is 2.81 bits per heavy atom. The van der Waals surface area contributed by atoms with Crippen molar-refractivity contribution in [1.82, 2.24) is 15.0 Å². The molecule has 16 heavy (non-hydrogen) atoms. The second-order valence-electron chi connectivity index (χ2n) is 4.59. The molecule has 1 aliphatic heterocycles. The minimum Gasteiger partial charge on any atom is -0.331 e. The van der Waals surface area contributed by atoms with Gasteiger partial charge in [0, 0.05) is 25.4 Å². The number of aromatic nitrogens is 2. The maximum atomic E-state index is 11.0. The molecule has 1 saturated heterocycles. The van der Waals surface area contributed by atoms with E-state index in [1.807, 2.05) is 0 Å². The first kappa shape index (κ1) is 11.3. The molecule has 0 bridgehead atoms. The van der Waals surface area contributed by atoms with E-state index in [0.717, 1.165) is 19.5 Å². The molecule has 1 aromatic rings. The topological polar surface area (TPSA) is 59.2 Å². The summed E-state index contributed by atoms with van der Waals surface area (Å²) in [5.74, 6) is 0.933. The lowest BCUT2D eigenvalue weighted by atomic mass is 10.1. The highest BCUT2D eigenvalue weighted by Crippen LogP contribution is 2.26. The van der Waals surface area contributed by atoms with Crippen LogP contribution in [0.5, 0.6) is 0 Å². The molecule has 0 spiro atoms. The Labute approximate surface area is 94.8 Å². The molecule has 1 aromatic heterocycles. The van der Waals surface area contributed by atoms with Gasteiger partial charge in [0.2, 0.25) is 5.78 Å². The van der Waals surface area contributed by atoms with E-state index in [0.29, 0.717) is 17.8 Å². The molecule has 1 fully saturated rings. The van der Waals surface area contributed by atoms with Gasteiger partial charge in [-0.25, -0.2) is 0 Å². The van der Waals surface area contributed by atoms with Crippen molar-refractivity contribution in [2.75, 3.05) is 13.1 Å². The molecule has 1 atom stereocenters. The summed E-state index contributed by atoms with van der Waals surface area (Å²) >= 11 is 0. The van der Waals surface area contributed by atoms with Crippen LogP contribution in [0.3, 0.4) is 0 Å². The zero-order valence-electron chi connectivity index (χ0n) is 9.93. The fourth-order valence-corrected chi connectivity index (χ4v) is 2.01. The minimum absolute atomic E-state index is 0.123. The Morgan fingerprint density at radius 2 is 2.31 bits per heavy atom. The third kappa shape index (κ3) is 2.14. The number of hydrogen-bond donors (Lipinski definition) is 0. The number of nitrogens with zero attached hydrogens (tertiary/aromatic N) is 3. The quantitative estimate of drug-likeness (QED) is 0.726. The molecule has 5 nitrogen and oxygen atoms in total. The standard InChI is InChI=1S/C11H17N3O2/c1-7(2)14-5-4-9(6-14)10-12-11(8(3)15)16-13-10/h7,9H,4-6H2,1-3H3. The maximum Gasteiger partial charge on any atom is 0.293 e. The molecule has 1 unspecified atom stereocenters. The molecule has 2 rings (SSSR count). The van der Waals surface area contributed by atoms with Crippen LogP contribution in [0.15, 0.2) is 4.52 Å². The highest BCUT2D eigenvalue weighted by molar-refractivity contribution is 5.89. The van der Waals surface area contributed by atoms with Crippen molar-refractivity contribution in [2.24, 2.45) is 0 Å². The summed E-state index contributed by atoms with van der Waals surface area (Å²) in [4.78, 5) is 17.6. The van der Waals surface area contributed by atoms with Gasteiger partial charge in [-0.1, -0.05) is 5.16 Å². The first-order chi connectivity index (χ1) is 7.58. The summed E-state index contributed by atoms with van der Waals surface area (Å²) in [5.41, 5.74) is 0. The third-order valence-corrected chi connectivity index (χ3v) is 3.06. The molecule has 5 heteroatoms. The fraction of sp³-hybridized carbons (Fsp3) is 0.727. The van der Waals surface area contributed by atoms with Crippen molar-refractivity contribution >= 4 is 5.78 Å². The van der Waals surface area contributed by atoms with Crippen LogP contribution in [0.4, 0.5) is 0 Å². The summed E-state index contributed by atoms with van der Waals surface area (Å²) in [6.45, 7) is 7.81. The first-order valence-corrected chi connectivity index (χ1v) is 5.66. The van der Waals surface area contributed by atoms with E-state index >= 15 is 0 Å². The molecular weight excluding hydrogens is 206 g/mol. The molecule has 0 aliphatic carbocycles. The van der Waals surface area contributed by atoms with E-state index in [9.17, 15) is 4.79 Å². The largest absolute Gasteiger partial charge is 0.331 e. The highest BCUT2D eigenvalue weighted by Gasteiger charge is 2.29. The van der Waals surface area contributed by atoms with Gasteiger partial charge in [-0.15, -0.1) is 0 Å². The second-order valence-corrected chi connectivity index (χ2v) is 4.59. The SMILES string of the molecule is CC(=O)c1nc(C2CCN(C(C)C)C2)no1. The van der Waals surface area contributed by atoms with Crippen molar-refractivity contribution in [3.63, 3.8) is 0 Å². The normalized spacial score (nSPS) is 21.9. The lowest BCUT2D eigenvalue weighted by Gasteiger charge is -2.19. The Hall–Kier alpha value is -1.23. The van der Waals surface area contributed by atoms with E-state index in [1.54, 1.807) is 0 Å². The monoisotopic (exact) mass is 223 g/mol. The molecule has 0 amide bonds. The van der Waals surface area contributed by atoms with Crippen LogP contribution in [0.25, 0.3) is 0 Å². The van der Waals surface area contributed by atoms with Crippen molar-refractivity contribution in [3.8, 4) is 0 Å². The zero-order valence-corrected chi connectivity index (χ0v) is 9.93. The summed E-state index contributed by atoms with van der Waals surface area (Å²) in [6, 6.07) is 0.546. The number of carbonyl (C=O) groups excluding carboxylic acids is 1. The number of carbonyl (C=O) groups is 1. The van der Waals surface area contributed by atoms with Crippen LogP contribution in [0.1, 0.15) is 49.6 Å². The molecule has 88 valence electrons. The molecule has 2 heterocycles. The smallest absolute Gasteiger partial charge is 0.293 e. The predicted octanol–water partition coefficient (Wildman–Crippen LogP) is 1.47. The van der Waals surface area contributed by atoms with Crippen LogP contribution in [0.2, 0.25) is 0 Å². The Morgan fingerprint density at radius 1 is 1.56 bits per heavy atom. The van der Waals surface area contributed by atoms with E-state index in [2.05, 4.69) is 28.9 Å². The molecule has 0 aromatic carbocycles. The van der Waals surface area contributed by atoms with E-state index in [1.165, 1.54) is 6.92 Å². The highest BCUT2D eigenvalue weighted by atomic mass is 16.5. The summed E-state index contributed by atoms with van der Waals surface area (Å²) in [6.07, 6.45) is 1.04. The van der Waals surface area contributed by atoms with Gasteiger partial charge in [0.1, 0.15) is 0 Å². The molecule has 0 N–H and O–H groups in total. The minimum atomic E-state index is -0.169. The van der Waals surface area contributed by atoms with Crippen LogP contribution >= 0.6 is 0 Å². The fourth-order valence-electron chi connectivity index (χ4n) is 2.01. The number of Topliss-reactive ketones (excluding diaryl/α,β-unsaturated/α-hetero) is 1. The van der Waals surface area contributed by atoms with Crippen LogP contribution in [-0.4, -0.2) is 40.0 Å². The van der Waals surface area contributed by atoms with Crippen molar-refractivity contribution < 1.29 is 9.32 Å². The van der Waals surface area contributed by atoms with E-state index in [4.69, 9.17) is 4.52 Å². The number of hydrogen-bond acceptors (Lipinski definition) is 5. The molecular formula is C11H17N3O2. The van der Waals surface area contributed by atoms with Crippen molar-refractivity contribution in [3.05, 3.63) is 11.7 Å². The van der Waals surface area contributed by atoms with E-state index in [-0.39, 0.29) is 11.7 Å². The van der Waals surface area contributed by atoms with Crippen LogP contribution in [0, 0.1) is 0 Å². The predicted molar refractivity (Wildman–Crippen MR) is 58.4 cm³/mol. The van der Waals surface area contributed by atoms with Crippen molar-refractivity contribution in [1.29, 1.82) is 0 Å². The summed E-state index contributed by atoms with van der Waals surface area (Å²) in [5, 5.41) is 3.88. The average molecular weight is 223 g/mol. The van der Waals surface area contributed by atoms with E-state index < -0.39 is 0 Å². The summed E-state index contributed by atoms with van der Waals surface area (Å²) in [7, 11) is 0. The average Bonchev–Trinajstić information content (AvgIpc) is 2.86. The van der Waals surface area contributed by atoms with Crippen LogP contribution < -0.4 is 0 Å². The summed E-state index contributed by atoms with van der Waals surface area (Å²) < 4.78 is 4.91. The van der Waals surface area contributed by atoms with Gasteiger partial charge in [0.25, 0.3) is 5.89 Å².